The minimum atomic E-state index is 0.478. The fourth-order valence-corrected chi connectivity index (χ4v) is 2.44. The van der Waals surface area contributed by atoms with Crippen LogP contribution >= 0.6 is 15.9 Å². The van der Waals surface area contributed by atoms with Gasteiger partial charge in [-0.15, -0.1) is 0 Å². The van der Waals surface area contributed by atoms with Crippen LogP contribution in [-0.2, 0) is 0 Å². The van der Waals surface area contributed by atoms with E-state index in [1.165, 1.54) is 0 Å². The summed E-state index contributed by atoms with van der Waals surface area (Å²) in [6.07, 6.45) is 1.66. The smallest absolute Gasteiger partial charge is 0.232 e. The van der Waals surface area contributed by atoms with Gasteiger partial charge in [-0.1, -0.05) is 18.2 Å². The van der Waals surface area contributed by atoms with Crippen LogP contribution in [0.15, 0.2) is 41.0 Å². The van der Waals surface area contributed by atoms with E-state index in [2.05, 4.69) is 36.2 Å². The van der Waals surface area contributed by atoms with Gasteiger partial charge in [0, 0.05) is 11.1 Å². The van der Waals surface area contributed by atoms with Crippen molar-refractivity contribution >= 4 is 38.5 Å². The molecule has 0 spiro atoms. The van der Waals surface area contributed by atoms with Crippen molar-refractivity contribution in [2.45, 2.75) is 6.92 Å². The molecule has 0 atom stereocenters. The Hall–Kier alpha value is -2.21. The number of halogens is 1. The van der Waals surface area contributed by atoms with Crippen LogP contribution in [0.25, 0.3) is 10.9 Å². The van der Waals surface area contributed by atoms with E-state index < -0.39 is 0 Å². The molecular weight excluding hydrogens is 332 g/mol. The van der Waals surface area contributed by atoms with Crippen molar-refractivity contribution in [3.8, 4) is 5.88 Å². The van der Waals surface area contributed by atoms with E-state index in [4.69, 9.17) is 4.74 Å². The zero-order chi connectivity index (χ0) is 14.8. The molecule has 3 rings (SSSR count). The summed E-state index contributed by atoms with van der Waals surface area (Å²) in [7, 11) is 1.57. The highest BCUT2D eigenvalue weighted by Gasteiger charge is 2.08. The molecule has 2 heterocycles. The molecule has 21 heavy (non-hydrogen) atoms. The van der Waals surface area contributed by atoms with Crippen LogP contribution in [0.2, 0.25) is 0 Å². The number of rotatable bonds is 3. The summed E-state index contributed by atoms with van der Waals surface area (Å²) in [4.78, 5) is 13.1. The molecule has 0 bridgehead atoms. The van der Waals surface area contributed by atoms with Gasteiger partial charge in [0.05, 0.1) is 29.0 Å². The van der Waals surface area contributed by atoms with Crippen LogP contribution in [-0.4, -0.2) is 22.1 Å². The molecule has 0 unspecified atom stereocenters. The van der Waals surface area contributed by atoms with Crippen LogP contribution < -0.4 is 10.1 Å². The minimum Gasteiger partial charge on any atom is -0.480 e. The van der Waals surface area contributed by atoms with Gasteiger partial charge in [0.1, 0.15) is 0 Å². The Kier molecular flexibility index (Phi) is 3.70. The summed E-state index contributed by atoms with van der Waals surface area (Å²) in [5.41, 5.74) is 2.78. The SMILES string of the molecule is COc1nc(Nc2cc(C)nc3ccccc23)ncc1Br. The van der Waals surface area contributed by atoms with Gasteiger partial charge in [-0.2, -0.15) is 4.98 Å². The Bertz CT molecular complexity index is 807. The molecule has 0 aliphatic rings. The summed E-state index contributed by atoms with van der Waals surface area (Å²) in [6.45, 7) is 1.96. The Balaban J connectivity index is 2.05. The molecule has 0 aliphatic carbocycles. The van der Waals surface area contributed by atoms with E-state index in [0.29, 0.717) is 16.3 Å². The highest BCUT2D eigenvalue weighted by atomic mass is 79.9. The van der Waals surface area contributed by atoms with Crippen LogP contribution in [0, 0.1) is 6.92 Å². The predicted molar refractivity (Wildman–Crippen MR) is 86.0 cm³/mol. The van der Waals surface area contributed by atoms with Gasteiger partial charge >= 0.3 is 0 Å². The average Bonchev–Trinajstić information content (AvgIpc) is 2.49. The van der Waals surface area contributed by atoms with Crippen LogP contribution in [0.3, 0.4) is 0 Å². The standard InChI is InChI=1S/C15H13BrN4O/c1-9-7-13(10-5-3-4-6-12(10)18-9)19-15-17-8-11(16)14(20-15)21-2/h3-8H,1-2H3,(H,17,18,19,20). The summed E-state index contributed by atoms with van der Waals surface area (Å²) < 4.78 is 5.90. The van der Waals surface area contributed by atoms with Crippen molar-refractivity contribution in [2.75, 3.05) is 12.4 Å². The molecule has 0 fully saturated rings. The first kappa shape index (κ1) is 13.8. The zero-order valence-electron chi connectivity index (χ0n) is 11.6. The number of nitrogens with zero attached hydrogens (tertiary/aromatic N) is 3. The van der Waals surface area contributed by atoms with Crippen LogP contribution in [0.1, 0.15) is 5.69 Å². The first-order valence-corrected chi connectivity index (χ1v) is 7.16. The summed E-state index contributed by atoms with van der Waals surface area (Å²) >= 11 is 3.34. The largest absolute Gasteiger partial charge is 0.480 e. The molecule has 0 saturated heterocycles. The lowest BCUT2D eigenvalue weighted by molar-refractivity contribution is 0.394. The fraction of sp³-hybridized carbons (Fsp3) is 0.133. The van der Waals surface area contributed by atoms with Crippen LogP contribution in [0.4, 0.5) is 11.6 Å². The maximum atomic E-state index is 5.18. The number of nitrogens with one attached hydrogen (secondary N) is 1. The molecule has 1 N–H and O–H groups in total. The van der Waals surface area contributed by atoms with Gasteiger partial charge in [-0.3, -0.25) is 4.98 Å². The maximum absolute atomic E-state index is 5.18. The Labute approximate surface area is 130 Å². The number of pyridine rings is 1. The monoisotopic (exact) mass is 344 g/mol. The van der Waals surface area contributed by atoms with E-state index >= 15 is 0 Å². The van der Waals surface area contributed by atoms with E-state index in [1.54, 1.807) is 13.3 Å². The van der Waals surface area contributed by atoms with Crippen molar-refractivity contribution in [2.24, 2.45) is 0 Å². The number of hydrogen-bond donors (Lipinski definition) is 1. The molecule has 5 nitrogen and oxygen atoms in total. The second-order valence-electron chi connectivity index (χ2n) is 4.50. The number of aromatic nitrogens is 3. The Morgan fingerprint density at radius 2 is 2.00 bits per heavy atom. The van der Waals surface area contributed by atoms with Crippen LogP contribution in [0.5, 0.6) is 5.88 Å². The highest BCUT2D eigenvalue weighted by molar-refractivity contribution is 9.10. The minimum absolute atomic E-state index is 0.478. The number of hydrogen-bond acceptors (Lipinski definition) is 5. The number of fused-ring (bicyclic) bond motifs is 1. The van der Waals surface area contributed by atoms with Crippen molar-refractivity contribution in [3.05, 3.63) is 46.7 Å². The molecule has 6 heteroatoms. The van der Waals surface area contributed by atoms with Crippen molar-refractivity contribution in [1.82, 2.24) is 15.0 Å². The third-order valence-electron chi connectivity index (χ3n) is 3.00. The van der Waals surface area contributed by atoms with E-state index in [9.17, 15) is 0 Å². The molecule has 0 amide bonds. The first-order chi connectivity index (χ1) is 10.2. The summed E-state index contributed by atoms with van der Waals surface area (Å²) in [5.74, 6) is 0.966. The Morgan fingerprint density at radius 3 is 2.81 bits per heavy atom. The van der Waals surface area contributed by atoms with Gasteiger partial charge in [-0.05, 0) is 35.0 Å². The van der Waals surface area contributed by atoms with Crippen molar-refractivity contribution < 1.29 is 4.74 Å². The summed E-state index contributed by atoms with van der Waals surface area (Å²) in [6, 6.07) is 9.92. The number of benzene rings is 1. The molecule has 1 aromatic carbocycles. The van der Waals surface area contributed by atoms with E-state index in [1.807, 2.05) is 37.3 Å². The molecule has 2 aromatic heterocycles. The zero-order valence-corrected chi connectivity index (χ0v) is 13.2. The number of ether oxygens (including phenoxy) is 1. The van der Waals surface area contributed by atoms with Gasteiger partial charge < -0.3 is 10.1 Å². The van der Waals surface area contributed by atoms with E-state index in [-0.39, 0.29) is 0 Å². The number of para-hydroxylation sites is 1. The molecule has 0 aliphatic heterocycles. The lowest BCUT2D eigenvalue weighted by atomic mass is 10.1. The molecule has 3 aromatic rings. The van der Waals surface area contributed by atoms with E-state index in [0.717, 1.165) is 22.3 Å². The lowest BCUT2D eigenvalue weighted by Crippen LogP contribution is -2.01. The number of methoxy groups -OCH3 is 1. The second kappa shape index (κ2) is 5.65. The maximum Gasteiger partial charge on any atom is 0.232 e. The molecule has 106 valence electrons. The molecule has 0 radical (unpaired) electrons. The predicted octanol–water partition coefficient (Wildman–Crippen LogP) is 3.85. The summed E-state index contributed by atoms with van der Waals surface area (Å²) in [5, 5.41) is 4.25. The quantitative estimate of drug-likeness (QED) is 0.781. The number of aryl methyl sites for hydroxylation is 1. The van der Waals surface area contributed by atoms with Crippen molar-refractivity contribution in [1.29, 1.82) is 0 Å². The lowest BCUT2D eigenvalue weighted by Gasteiger charge is -2.10. The van der Waals surface area contributed by atoms with Crippen molar-refractivity contribution in [3.63, 3.8) is 0 Å². The average molecular weight is 345 g/mol. The molecule has 0 saturated carbocycles. The fourth-order valence-electron chi connectivity index (χ4n) is 2.09. The normalized spacial score (nSPS) is 10.6. The van der Waals surface area contributed by atoms with Gasteiger partial charge in [0.15, 0.2) is 0 Å². The van der Waals surface area contributed by atoms with Gasteiger partial charge in [0.2, 0.25) is 11.8 Å². The second-order valence-corrected chi connectivity index (χ2v) is 5.36. The third kappa shape index (κ3) is 2.80. The van der Waals surface area contributed by atoms with Gasteiger partial charge in [-0.25, -0.2) is 4.98 Å². The third-order valence-corrected chi connectivity index (χ3v) is 3.54. The highest BCUT2D eigenvalue weighted by Crippen LogP contribution is 2.27. The number of anilines is 2. The topological polar surface area (TPSA) is 59.9 Å². The first-order valence-electron chi connectivity index (χ1n) is 6.37. The van der Waals surface area contributed by atoms with Gasteiger partial charge in [0.25, 0.3) is 0 Å². The Morgan fingerprint density at radius 1 is 1.19 bits per heavy atom. The molecular formula is C15H13BrN4O.